The van der Waals surface area contributed by atoms with Crippen molar-refractivity contribution in [1.29, 1.82) is 0 Å². The molecule has 0 saturated heterocycles. The molecule has 0 saturated carbocycles. The first-order valence-corrected chi connectivity index (χ1v) is 6.05. The Morgan fingerprint density at radius 2 is 1.95 bits per heavy atom. The Bertz CT molecular complexity index is 677. The van der Waals surface area contributed by atoms with Gasteiger partial charge in [-0.1, -0.05) is 30.3 Å². The Kier molecular flexibility index (Phi) is 3.06. The number of hydrogen-bond donors (Lipinski definition) is 0. The highest BCUT2D eigenvalue weighted by Crippen LogP contribution is 2.22. The lowest BCUT2D eigenvalue weighted by atomic mass is 10.2. The number of aromatic nitrogens is 2. The molecule has 0 atom stereocenters. The molecule has 19 heavy (non-hydrogen) atoms. The summed E-state index contributed by atoms with van der Waals surface area (Å²) in [5.74, 6) is 1.54. The topological polar surface area (TPSA) is 35.8 Å². The van der Waals surface area contributed by atoms with E-state index in [-0.39, 0.29) is 0 Å². The van der Waals surface area contributed by atoms with E-state index in [0.717, 1.165) is 22.6 Å². The number of benzene rings is 1. The maximum absolute atomic E-state index is 5.79. The van der Waals surface area contributed by atoms with Gasteiger partial charge in [0.25, 0.3) is 0 Å². The van der Waals surface area contributed by atoms with Crippen LogP contribution in [0.5, 0.6) is 11.5 Å². The van der Waals surface area contributed by atoms with Gasteiger partial charge in [0.2, 0.25) is 0 Å². The number of pyridine rings is 1. The summed E-state index contributed by atoms with van der Waals surface area (Å²) in [4.78, 5) is 0. The summed E-state index contributed by atoms with van der Waals surface area (Å²) in [5.41, 5.74) is 2.06. The molecule has 0 aliphatic carbocycles. The summed E-state index contributed by atoms with van der Waals surface area (Å²) in [6, 6.07) is 13.9. The van der Waals surface area contributed by atoms with Crippen LogP contribution in [0.3, 0.4) is 0 Å². The van der Waals surface area contributed by atoms with Crippen LogP contribution in [0.25, 0.3) is 5.52 Å². The number of hydrogen-bond acceptors (Lipinski definition) is 3. The van der Waals surface area contributed by atoms with Crippen LogP contribution in [0.1, 0.15) is 5.56 Å². The normalized spacial score (nSPS) is 10.6. The van der Waals surface area contributed by atoms with Gasteiger partial charge in [-0.2, -0.15) is 5.10 Å². The van der Waals surface area contributed by atoms with Crippen molar-refractivity contribution < 1.29 is 9.47 Å². The fourth-order valence-electron chi connectivity index (χ4n) is 1.91. The van der Waals surface area contributed by atoms with Gasteiger partial charge >= 0.3 is 0 Å². The second-order valence-corrected chi connectivity index (χ2v) is 4.18. The zero-order valence-electron chi connectivity index (χ0n) is 10.6. The molecule has 4 nitrogen and oxygen atoms in total. The molecular formula is C15H14N2O2. The zero-order valence-corrected chi connectivity index (χ0v) is 10.6. The van der Waals surface area contributed by atoms with Crippen LogP contribution in [0.2, 0.25) is 0 Å². The number of nitrogens with zero attached hydrogens (tertiary/aromatic N) is 2. The average molecular weight is 254 g/mol. The van der Waals surface area contributed by atoms with Crippen LogP contribution in [-0.4, -0.2) is 16.7 Å². The van der Waals surface area contributed by atoms with Crippen molar-refractivity contribution in [2.24, 2.45) is 0 Å². The maximum Gasteiger partial charge on any atom is 0.165 e. The summed E-state index contributed by atoms with van der Waals surface area (Å²) in [5, 5.41) is 4.25. The van der Waals surface area contributed by atoms with E-state index in [2.05, 4.69) is 5.10 Å². The molecule has 0 radical (unpaired) electrons. The smallest absolute Gasteiger partial charge is 0.165 e. The SMILES string of the molecule is COc1ccc2c(OCc3ccccc3)cnn2c1. The molecule has 0 fully saturated rings. The highest BCUT2D eigenvalue weighted by molar-refractivity contribution is 5.59. The molecular weight excluding hydrogens is 240 g/mol. The summed E-state index contributed by atoms with van der Waals surface area (Å²) in [6.07, 6.45) is 3.54. The number of rotatable bonds is 4. The lowest BCUT2D eigenvalue weighted by Crippen LogP contribution is -1.95. The molecule has 0 bridgehead atoms. The van der Waals surface area contributed by atoms with Crippen LogP contribution in [0.4, 0.5) is 0 Å². The molecule has 2 aromatic heterocycles. The lowest BCUT2D eigenvalue weighted by Gasteiger charge is -2.05. The summed E-state index contributed by atoms with van der Waals surface area (Å²) < 4.78 is 12.7. The van der Waals surface area contributed by atoms with Gasteiger partial charge < -0.3 is 9.47 Å². The van der Waals surface area contributed by atoms with Gasteiger partial charge in [-0.25, -0.2) is 4.52 Å². The van der Waals surface area contributed by atoms with Crippen LogP contribution in [0.15, 0.2) is 54.9 Å². The zero-order chi connectivity index (χ0) is 13.1. The second kappa shape index (κ2) is 5.02. The van der Waals surface area contributed by atoms with Crippen LogP contribution in [0, 0.1) is 0 Å². The highest BCUT2D eigenvalue weighted by atomic mass is 16.5. The molecule has 2 heterocycles. The molecule has 0 aliphatic heterocycles. The van der Waals surface area contributed by atoms with Crippen LogP contribution >= 0.6 is 0 Å². The molecule has 0 N–H and O–H groups in total. The highest BCUT2D eigenvalue weighted by Gasteiger charge is 2.06. The van der Waals surface area contributed by atoms with Gasteiger partial charge in [0.1, 0.15) is 17.9 Å². The Labute approximate surface area is 111 Å². The summed E-state index contributed by atoms with van der Waals surface area (Å²) in [6.45, 7) is 0.536. The maximum atomic E-state index is 5.79. The Balaban J connectivity index is 1.82. The van der Waals surface area contributed by atoms with Crippen molar-refractivity contribution in [3.63, 3.8) is 0 Å². The Hall–Kier alpha value is -2.49. The molecule has 0 unspecified atom stereocenters. The van der Waals surface area contributed by atoms with Crippen LogP contribution in [-0.2, 0) is 6.61 Å². The van der Waals surface area contributed by atoms with Gasteiger partial charge in [-0.05, 0) is 17.7 Å². The quantitative estimate of drug-likeness (QED) is 0.718. The Morgan fingerprint density at radius 1 is 1.11 bits per heavy atom. The predicted molar refractivity (Wildman–Crippen MR) is 72.5 cm³/mol. The van der Waals surface area contributed by atoms with E-state index in [1.54, 1.807) is 17.8 Å². The molecule has 3 aromatic rings. The minimum Gasteiger partial charge on any atom is -0.495 e. The lowest BCUT2D eigenvalue weighted by molar-refractivity contribution is 0.310. The third kappa shape index (κ3) is 2.38. The van der Waals surface area contributed by atoms with E-state index in [0.29, 0.717) is 6.61 Å². The van der Waals surface area contributed by atoms with Crippen LogP contribution < -0.4 is 9.47 Å². The first kappa shape index (κ1) is 11.6. The van der Waals surface area contributed by atoms with Gasteiger partial charge in [0.05, 0.1) is 19.5 Å². The van der Waals surface area contributed by atoms with Crippen molar-refractivity contribution in [2.45, 2.75) is 6.61 Å². The first-order chi connectivity index (χ1) is 9.36. The third-order valence-corrected chi connectivity index (χ3v) is 2.93. The molecule has 0 aliphatic rings. The fraction of sp³-hybridized carbons (Fsp3) is 0.133. The largest absolute Gasteiger partial charge is 0.495 e. The van der Waals surface area contributed by atoms with Gasteiger partial charge in [0, 0.05) is 0 Å². The van der Waals surface area contributed by atoms with E-state index >= 15 is 0 Å². The van der Waals surface area contributed by atoms with Gasteiger partial charge in [-0.3, -0.25) is 0 Å². The molecule has 4 heteroatoms. The molecule has 3 rings (SSSR count). The van der Waals surface area contributed by atoms with Gasteiger partial charge in [0.15, 0.2) is 5.75 Å². The van der Waals surface area contributed by atoms with Crippen molar-refractivity contribution in [1.82, 2.24) is 9.61 Å². The Morgan fingerprint density at radius 3 is 2.74 bits per heavy atom. The standard InChI is InChI=1S/C15H14N2O2/c1-18-13-7-8-14-15(9-16-17(14)10-13)19-11-12-5-3-2-4-6-12/h2-10H,11H2,1H3. The monoisotopic (exact) mass is 254 g/mol. The fourth-order valence-corrected chi connectivity index (χ4v) is 1.91. The van der Waals surface area contributed by atoms with E-state index < -0.39 is 0 Å². The average Bonchev–Trinajstić information content (AvgIpc) is 2.88. The molecule has 0 spiro atoms. The second-order valence-electron chi connectivity index (χ2n) is 4.18. The summed E-state index contributed by atoms with van der Waals surface area (Å²) in [7, 11) is 1.64. The van der Waals surface area contributed by atoms with Crippen molar-refractivity contribution in [2.75, 3.05) is 7.11 Å². The molecule has 1 aromatic carbocycles. The minimum atomic E-state index is 0.536. The van der Waals surface area contributed by atoms with E-state index in [1.807, 2.05) is 48.7 Å². The van der Waals surface area contributed by atoms with E-state index in [9.17, 15) is 0 Å². The predicted octanol–water partition coefficient (Wildman–Crippen LogP) is 2.92. The minimum absolute atomic E-state index is 0.536. The summed E-state index contributed by atoms with van der Waals surface area (Å²) >= 11 is 0. The van der Waals surface area contributed by atoms with Gasteiger partial charge in [-0.15, -0.1) is 0 Å². The van der Waals surface area contributed by atoms with E-state index in [1.165, 1.54) is 0 Å². The number of fused-ring (bicyclic) bond motifs is 1. The molecule has 0 amide bonds. The third-order valence-electron chi connectivity index (χ3n) is 2.93. The number of ether oxygens (including phenoxy) is 2. The van der Waals surface area contributed by atoms with Crippen molar-refractivity contribution in [3.05, 3.63) is 60.4 Å². The molecule has 96 valence electrons. The first-order valence-electron chi connectivity index (χ1n) is 6.05. The van der Waals surface area contributed by atoms with Crippen molar-refractivity contribution >= 4 is 5.52 Å². The van der Waals surface area contributed by atoms with E-state index in [4.69, 9.17) is 9.47 Å². The van der Waals surface area contributed by atoms with Crippen molar-refractivity contribution in [3.8, 4) is 11.5 Å². The number of methoxy groups -OCH3 is 1.